The molecule has 2 rings (SSSR count). The third kappa shape index (κ3) is 3.25. The Morgan fingerprint density at radius 3 is 2.76 bits per heavy atom. The second-order valence-corrected chi connectivity index (χ2v) is 3.86. The van der Waals surface area contributed by atoms with Crippen molar-refractivity contribution in [2.45, 2.75) is 13.5 Å². The number of carbonyl (C=O) groups is 1. The molecule has 1 aromatic heterocycles. The number of nitrogens with one attached hydrogen (secondary N) is 1. The highest BCUT2D eigenvalue weighted by atomic mass is 19.3. The molecule has 9 heteroatoms. The molecule has 3 N–H and O–H groups in total. The minimum Gasteiger partial charge on any atom is -0.490 e. The number of hydrogen-bond acceptors (Lipinski definition) is 5. The zero-order valence-corrected chi connectivity index (χ0v) is 11.0. The fourth-order valence-electron chi connectivity index (χ4n) is 1.72. The number of ether oxygens (including phenoxy) is 2. The third-order valence-electron chi connectivity index (χ3n) is 2.51. The lowest BCUT2D eigenvalue weighted by atomic mass is 10.1. The van der Waals surface area contributed by atoms with Crippen LogP contribution in [-0.2, 0) is 0 Å². The highest BCUT2D eigenvalue weighted by Crippen LogP contribution is 2.33. The molecule has 0 radical (unpaired) electrons. The molecule has 0 saturated carbocycles. The molecule has 7 nitrogen and oxygen atoms in total. The maximum absolute atomic E-state index is 12.3. The molecule has 1 amide bonds. The Bertz CT molecular complexity index is 645. The number of hydrogen-bond donors (Lipinski definition) is 2. The van der Waals surface area contributed by atoms with Crippen molar-refractivity contribution in [1.82, 2.24) is 15.4 Å². The molecule has 0 saturated heterocycles. The van der Waals surface area contributed by atoms with Gasteiger partial charge in [-0.3, -0.25) is 4.79 Å². The molecular weight excluding hydrogens is 286 g/mol. The zero-order chi connectivity index (χ0) is 15.4. The number of benzene rings is 1. The Labute approximate surface area is 118 Å². The van der Waals surface area contributed by atoms with Gasteiger partial charge in [0.1, 0.15) is 5.69 Å². The fraction of sp³-hybridized carbons (Fsp3) is 0.250. The molecule has 0 spiro atoms. The molecule has 2 aromatic rings. The molecule has 1 heterocycles. The quantitative estimate of drug-likeness (QED) is 0.842. The molecule has 21 heavy (non-hydrogen) atoms. The first-order valence-corrected chi connectivity index (χ1v) is 5.95. The van der Waals surface area contributed by atoms with Gasteiger partial charge in [-0.25, -0.2) is 0 Å². The van der Waals surface area contributed by atoms with Crippen molar-refractivity contribution in [1.29, 1.82) is 0 Å². The van der Waals surface area contributed by atoms with E-state index >= 15 is 0 Å². The molecule has 0 aliphatic carbocycles. The molecule has 0 fully saturated rings. The standard InChI is InChI=1S/C12H12F2N4O3/c1-2-20-8-5-6(3-4-7(8)21-12(13)14)9-10(11(15)19)17-18-16-9/h3-5,12H,2H2,1H3,(H2,15,19)(H,16,17,18). The van der Waals surface area contributed by atoms with E-state index < -0.39 is 12.5 Å². The summed E-state index contributed by atoms with van der Waals surface area (Å²) in [5, 5.41) is 9.74. The second-order valence-electron chi connectivity index (χ2n) is 3.86. The fourth-order valence-corrected chi connectivity index (χ4v) is 1.72. The van der Waals surface area contributed by atoms with Crippen molar-refractivity contribution in [3.05, 3.63) is 23.9 Å². The number of aromatic amines is 1. The lowest BCUT2D eigenvalue weighted by Crippen LogP contribution is -2.12. The second kappa shape index (κ2) is 6.16. The van der Waals surface area contributed by atoms with Crippen molar-refractivity contribution in [2.24, 2.45) is 5.73 Å². The topological polar surface area (TPSA) is 103 Å². The van der Waals surface area contributed by atoms with Gasteiger partial charge in [-0.05, 0) is 25.1 Å². The molecule has 0 atom stereocenters. The number of H-pyrrole nitrogens is 1. The summed E-state index contributed by atoms with van der Waals surface area (Å²) in [7, 11) is 0. The Morgan fingerprint density at radius 1 is 1.38 bits per heavy atom. The summed E-state index contributed by atoms with van der Waals surface area (Å²) < 4.78 is 34.2. The average Bonchev–Trinajstić information content (AvgIpc) is 2.90. The van der Waals surface area contributed by atoms with Gasteiger partial charge in [0.05, 0.1) is 6.61 Å². The van der Waals surface area contributed by atoms with Gasteiger partial charge in [-0.2, -0.15) is 24.2 Å². The summed E-state index contributed by atoms with van der Waals surface area (Å²) >= 11 is 0. The van der Waals surface area contributed by atoms with Crippen LogP contribution in [0, 0.1) is 0 Å². The normalized spacial score (nSPS) is 10.7. The van der Waals surface area contributed by atoms with Gasteiger partial charge in [0, 0.05) is 5.56 Å². The van der Waals surface area contributed by atoms with E-state index in [9.17, 15) is 13.6 Å². The summed E-state index contributed by atoms with van der Waals surface area (Å²) in [4.78, 5) is 11.2. The van der Waals surface area contributed by atoms with Crippen LogP contribution in [0.25, 0.3) is 11.3 Å². The third-order valence-corrected chi connectivity index (χ3v) is 2.51. The number of aromatic nitrogens is 3. The van der Waals surface area contributed by atoms with E-state index in [-0.39, 0.29) is 29.5 Å². The number of carbonyl (C=O) groups excluding carboxylic acids is 1. The minimum atomic E-state index is -2.97. The van der Waals surface area contributed by atoms with Crippen molar-refractivity contribution in [3.63, 3.8) is 0 Å². The largest absolute Gasteiger partial charge is 0.490 e. The lowest BCUT2D eigenvalue weighted by molar-refractivity contribution is -0.0514. The summed E-state index contributed by atoms with van der Waals surface area (Å²) in [5.74, 6) is -0.766. The lowest BCUT2D eigenvalue weighted by Gasteiger charge is -2.12. The number of alkyl halides is 2. The van der Waals surface area contributed by atoms with E-state index in [1.165, 1.54) is 18.2 Å². The van der Waals surface area contributed by atoms with Gasteiger partial charge >= 0.3 is 6.61 Å². The average molecular weight is 298 g/mol. The monoisotopic (exact) mass is 298 g/mol. The minimum absolute atomic E-state index is 0.0556. The van der Waals surface area contributed by atoms with Crippen LogP contribution < -0.4 is 15.2 Å². The van der Waals surface area contributed by atoms with Crippen molar-refractivity contribution in [2.75, 3.05) is 6.61 Å². The summed E-state index contributed by atoms with van der Waals surface area (Å²) in [6, 6.07) is 4.17. The van der Waals surface area contributed by atoms with Crippen LogP contribution in [0.3, 0.4) is 0 Å². The van der Waals surface area contributed by atoms with Gasteiger partial charge in [-0.15, -0.1) is 0 Å². The zero-order valence-electron chi connectivity index (χ0n) is 11.0. The van der Waals surface area contributed by atoms with E-state index in [0.29, 0.717) is 5.56 Å². The van der Waals surface area contributed by atoms with Gasteiger partial charge < -0.3 is 15.2 Å². The van der Waals surface area contributed by atoms with Gasteiger partial charge in [0.25, 0.3) is 5.91 Å². The Hall–Kier alpha value is -2.71. The highest BCUT2D eigenvalue weighted by molar-refractivity contribution is 5.96. The van der Waals surface area contributed by atoms with Gasteiger partial charge in [0.15, 0.2) is 17.2 Å². The van der Waals surface area contributed by atoms with E-state index in [4.69, 9.17) is 10.5 Å². The van der Waals surface area contributed by atoms with Gasteiger partial charge in [-0.1, -0.05) is 0 Å². The van der Waals surface area contributed by atoms with E-state index in [2.05, 4.69) is 20.1 Å². The molecule has 0 unspecified atom stereocenters. The maximum Gasteiger partial charge on any atom is 0.387 e. The van der Waals surface area contributed by atoms with Crippen molar-refractivity contribution in [3.8, 4) is 22.8 Å². The Morgan fingerprint density at radius 2 is 2.14 bits per heavy atom. The van der Waals surface area contributed by atoms with Crippen LogP contribution in [0.1, 0.15) is 17.4 Å². The smallest absolute Gasteiger partial charge is 0.387 e. The predicted molar refractivity (Wildman–Crippen MR) is 68.1 cm³/mol. The molecular formula is C12H12F2N4O3. The van der Waals surface area contributed by atoms with Crippen molar-refractivity contribution < 1.29 is 23.0 Å². The van der Waals surface area contributed by atoms with E-state index in [0.717, 1.165) is 0 Å². The summed E-state index contributed by atoms with van der Waals surface area (Å²) in [5.41, 5.74) is 5.75. The van der Waals surface area contributed by atoms with Gasteiger partial charge in [0.2, 0.25) is 0 Å². The summed E-state index contributed by atoms with van der Waals surface area (Å²) in [6.45, 7) is -1.02. The first-order chi connectivity index (χ1) is 10.0. The van der Waals surface area contributed by atoms with Crippen LogP contribution >= 0.6 is 0 Å². The number of nitrogens with zero attached hydrogens (tertiary/aromatic N) is 2. The SMILES string of the molecule is CCOc1cc(-c2n[nH]nc2C(N)=O)ccc1OC(F)F. The number of amides is 1. The first-order valence-electron chi connectivity index (χ1n) is 5.95. The van der Waals surface area contributed by atoms with E-state index in [1.807, 2.05) is 0 Å². The number of halogens is 2. The predicted octanol–water partition coefficient (Wildman–Crippen LogP) is 1.57. The van der Waals surface area contributed by atoms with Crippen molar-refractivity contribution >= 4 is 5.91 Å². The summed E-state index contributed by atoms with van der Waals surface area (Å²) in [6.07, 6.45) is 0. The molecule has 112 valence electrons. The van der Waals surface area contributed by atoms with Crippen LogP contribution in [0.15, 0.2) is 18.2 Å². The number of primary amides is 1. The Kier molecular flexibility index (Phi) is 4.31. The van der Waals surface area contributed by atoms with E-state index in [1.54, 1.807) is 6.92 Å². The molecule has 0 aliphatic rings. The molecule has 0 aliphatic heterocycles. The maximum atomic E-state index is 12.3. The van der Waals surface area contributed by atoms with Crippen LogP contribution in [0.4, 0.5) is 8.78 Å². The number of rotatable bonds is 6. The Balaban J connectivity index is 2.43. The van der Waals surface area contributed by atoms with Crippen LogP contribution in [-0.4, -0.2) is 34.5 Å². The van der Waals surface area contributed by atoms with Crippen LogP contribution in [0.5, 0.6) is 11.5 Å². The highest BCUT2D eigenvalue weighted by Gasteiger charge is 2.18. The first kappa shape index (κ1) is 14.7. The number of nitrogens with two attached hydrogens (primary N) is 1. The van der Waals surface area contributed by atoms with Crippen LogP contribution in [0.2, 0.25) is 0 Å². The molecule has 1 aromatic carbocycles. The molecule has 0 bridgehead atoms.